The van der Waals surface area contributed by atoms with E-state index >= 15 is 0 Å². The van der Waals surface area contributed by atoms with Crippen LogP contribution in [0.5, 0.6) is 0 Å². The summed E-state index contributed by atoms with van der Waals surface area (Å²) in [5, 5.41) is 3.39. The second-order valence-electron chi connectivity index (χ2n) is 4.68. The van der Waals surface area contributed by atoms with Gasteiger partial charge in [-0.2, -0.15) is 16.1 Å². The van der Waals surface area contributed by atoms with Crippen molar-refractivity contribution >= 4 is 33.1 Å². The van der Waals surface area contributed by atoms with Crippen molar-refractivity contribution in [2.24, 2.45) is 0 Å². The van der Waals surface area contributed by atoms with Crippen LogP contribution in [0.15, 0.2) is 16.3 Å². The number of nitrogens with one attached hydrogen (secondary N) is 1. The van der Waals surface area contributed by atoms with Crippen molar-refractivity contribution in [2.45, 2.75) is 35.9 Å². The molecule has 19 heavy (non-hydrogen) atoms. The Morgan fingerprint density at radius 1 is 1.42 bits per heavy atom. The van der Waals surface area contributed by atoms with Gasteiger partial charge in [0, 0.05) is 35.0 Å². The smallest absolute Gasteiger partial charge is 0.252 e. The maximum atomic E-state index is 12.7. The van der Waals surface area contributed by atoms with Gasteiger partial charge in [0.25, 0.3) is 10.0 Å². The molecule has 2 heterocycles. The summed E-state index contributed by atoms with van der Waals surface area (Å²) in [7, 11) is -1.47. The molecular weight excluding hydrogens is 300 g/mol. The SMILES string of the molecule is CNCc1ccc(S(=O)(=O)N2CCSC(C)C2C)s1. The predicted octanol–water partition coefficient (Wildman–Crippen LogP) is 1.98. The summed E-state index contributed by atoms with van der Waals surface area (Å²) in [6.07, 6.45) is 0. The molecule has 0 aliphatic carbocycles. The molecule has 0 saturated carbocycles. The normalized spacial score (nSPS) is 25.6. The maximum absolute atomic E-state index is 12.7. The average Bonchev–Trinajstić information content (AvgIpc) is 2.82. The second-order valence-corrected chi connectivity index (χ2v) is 9.45. The molecular formula is C12H20N2O2S3. The van der Waals surface area contributed by atoms with Crippen LogP contribution in [0.4, 0.5) is 0 Å². The topological polar surface area (TPSA) is 49.4 Å². The highest BCUT2D eigenvalue weighted by Gasteiger charge is 2.35. The molecule has 0 aromatic carbocycles. The lowest BCUT2D eigenvalue weighted by Gasteiger charge is -2.35. The first-order valence-corrected chi connectivity index (χ1v) is 9.64. The number of rotatable bonds is 4. The van der Waals surface area contributed by atoms with Gasteiger partial charge in [-0.25, -0.2) is 8.42 Å². The van der Waals surface area contributed by atoms with Crippen molar-refractivity contribution in [2.75, 3.05) is 19.3 Å². The van der Waals surface area contributed by atoms with E-state index < -0.39 is 10.0 Å². The van der Waals surface area contributed by atoms with E-state index in [-0.39, 0.29) is 6.04 Å². The molecule has 1 N–H and O–H groups in total. The number of nitrogens with zero attached hydrogens (tertiary/aromatic N) is 1. The van der Waals surface area contributed by atoms with Crippen LogP contribution in [0.1, 0.15) is 18.7 Å². The number of thioether (sulfide) groups is 1. The Morgan fingerprint density at radius 3 is 2.84 bits per heavy atom. The van der Waals surface area contributed by atoms with Gasteiger partial charge in [0.1, 0.15) is 4.21 Å². The Morgan fingerprint density at radius 2 is 2.16 bits per heavy atom. The van der Waals surface area contributed by atoms with Crippen LogP contribution in [-0.2, 0) is 16.6 Å². The van der Waals surface area contributed by atoms with Gasteiger partial charge in [-0.3, -0.25) is 0 Å². The van der Waals surface area contributed by atoms with E-state index in [4.69, 9.17) is 0 Å². The van der Waals surface area contributed by atoms with E-state index in [2.05, 4.69) is 12.2 Å². The standard InChI is InChI=1S/C12H20N2O2S3/c1-9-10(2)17-7-6-14(9)19(15,16)12-5-4-11(18-12)8-13-3/h4-5,9-10,13H,6-8H2,1-3H3. The van der Waals surface area contributed by atoms with Gasteiger partial charge in [-0.05, 0) is 26.1 Å². The van der Waals surface area contributed by atoms with Gasteiger partial charge in [0.2, 0.25) is 0 Å². The first-order valence-electron chi connectivity index (χ1n) is 6.33. The largest absolute Gasteiger partial charge is 0.315 e. The molecule has 0 amide bonds. The monoisotopic (exact) mass is 320 g/mol. The molecule has 1 aliphatic rings. The Labute approximate surface area is 123 Å². The van der Waals surface area contributed by atoms with Crippen LogP contribution in [0.3, 0.4) is 0 Å². The molecule has 1 aliphatic heterocycles. The Kier molecular flexibility index (Phi) is 4.94. The number of sulfonamides is 1. The highest BCUT2D eigenvalue weighted by molar-refractivity contribution is 8.00. The quantitative estimate of drug-likeness (QED) is 0.922. The van der Waals surface area contributed by atoms with Crippen LogP contribution >= 0.6 is 23.1 Å². The third-order valence-corrected chi connectivity index (χ3v) is 8.25. The fourth-order valence-electron chi connectivity index (χ4n) is 2.13. The minimum absolute atomic E-state index is 0.0543. The maximum Gasteiger partial charge on any atom is 0.252 e. The predicted molar refractivity (Wildman–Crippen MR) is 82.4 cm³/mol. The first-order chi connectivity index (χ1) is 8.96. The number of hydrogen-bond acceptors (Lipinski definition) is 5. The van der Waals surface area contributed by atoms with Gasteiger partial charge in [-0.1, -0.05) is 6.92 Å². The van der Waals surface area contributed by atoms with E-state index in [9.17, 15) is 8.42 Å². The molecule has 0 radical (unpaired) electrons. The highest BCUT2D eigenvalue weighted by Crippen LogP contribution is 2.32. The van der Waals surface area contributed by atoms with Gasteiger partial charge in [-0.15, -0.1) is 11.3 Å². The molecule has 1 aromatic heterocycles. The fourth-order valence-corrected chi connectivity index (χ4v) is 6.62. The molecule has 2 rings (SSSR count). The minimum Gasteiger partial charge on any atom is -0.315 e. The van der Waals surface area contributed by atoms with Gasteiger partial charge in [0.05, 0.1) is 0 Å². The summed E-state index contributed by atoms with van der Waals surface area (Å²) in [6, 6.07) is 3.67. The zero-order valence-electron chi connectivity index (χ0n) is 11.4. The summed E-state index contributed by atoms with van der Waals surface area (Å²) in [6.45, 7) is 5.41. The average molecular weight is 321 g/mol. The van der Waals surface area contributed by atoms with Crippen LogP contribution in [-0.4, -0.2) is 43.4 Å². The summed E-state index contributed by atoms with van der Waals surface area (Å²) in [4.78, 5) is 1.05. The summed E-state index contributed by atoms with van der Waals surface area (Å²) >= 11 is 3.20. The van der Waals surface area contributed by atoms with Crippen LogP contribution in [0, 0.1) is 0 Å². The molecule has 1 fully saturated rings. The fraction of sp³-hybridized carbons (Fsp3) is 0.667. The summed E-state index contributed by atoms with van der Waals surface area (Å²) < 4.78 is 27.5. The molecule has 2 unspecified atom stereocenters. The van der Waals surface area contributed by atoms with Crippen LogP contribution in [0.2, 0.25) is 0 Å². The van der Waals surface area contributed by atoms with Crippen molar-refractivity contribution in [3.8, 4) is 0 Å². The zero-order chi connectivity index (χ0) is 14.0. The Balaban J connectivity index is 2.25. The van der Waals surface area contributed by atoms with E-state index in [1.54, 1.807) is 10.4 Å². The third kappa shape index (κ3) is 3.16. The minimum atomic E-state index is -3.33. The van der Waals surface area contributed by atoms with E-state index in [0.29, 0.717) is 22.5 Å². The molecule has 2 atom stereocenters. The number of hydrogen-bond donors (Lipinski definition) is 1. The lowest BCUT2D eigenvalue weighted by molar-refractivity contribution is 0.341. The van der Waals surface area contributed by atoms with Crippen LogP contribution in [0.25, 0.3) is 0 Å². The van der Waals surface area contributed by atoms with Crippen molar-refractivity contribution in [3.05, 3.63) is 17.0 Å². The second kappa shape index (κ2) is 6.13. The van der Waals surface area contributed by atoms with Gasteiger partial charge >= 0.3 is 0 Å². The third-order valence-electron chi connectivity index (χ3n) is 3.38. The van der Waals surface area contributed by atoms with E-state index in [0.717, 1.165) is 10.6 Å². The Bertz CT molecular complexity index is 527. The molecule has 4 nitrogen and oxygen atoms in total. The van der Waals surface area contributed by atoms with Gasteiger partial charge in [0.15, 0.2) is 0 Å². The molecule has 0 bridgehead atoms. The lowest BCUT2D eigenvalue weighted by atomic mass is 10.2. The molecule has 1 aromatic rings. The highest BCUT2D eigenvalue weighted by atomic mass is 32.2. The Hall–Kier alpha value is -0.0800. The molecule has 0 spiro atoms. The van der Waals surface area contributed by atoms with Crippen LogP contribution < -0.4 is 5.32 Å². The van der Waals surface area contributed by atoms with Crippen molar-refractivity contribution < 1.29 is 8.42 Å². The van der Waals surface area contributed by atoms with Gasteiger partial charge < -0.3 is 5.32 Å². The number of thiophene rings is 1. The summed E-state index contributed by atoms with van der Waals surface area (Å²) in [5.74, 6) is 0.874. The molecule has 108 valence electrons. The lowest BCUT2D eigenvalue weighted by Crippen LogP contribution is -2.47. The zero-order valence-corrected chi connectivity index (χ0v) is 13.9. The van der Waals surface area contributed by atoms with Crippen molar-refractivity contribution in [1.29, 1.82) is 0 Å². The summed E-state index contributed by atoms with van der Waals surface area (Å²) in [5.41, 5.74) is 0. The van der Waals surface area contributed by atoms with Crippen molar-refractivity contribution in [3.63, 3.8) is 0 Å². The van der Waals surface area contributed by atoms with Crippen molar-refractivity contribution in [1.82, 2.24) is 9.62 Å². The first kappa shape index (κ1) is 15.3. The van der Waals surface area contributed by atoms with E-state index in [1.165, 1.54) is 11.3 Å². The molecule has 1 saturated heterocycles. The molecule has 7 heteroatoms. The van der Waals surface area contributed by atoms with E-state index in [1.807, 2.05) is 31.8 Å².